The van der Waals surface area contributed by atoms with E-state index in [0.29, 0.717) is 17.5 Å². The Bertz CT molecular complexity index is 1350. The molecule has 0 saturated carbocycles. The van der Waals surface area contributed by atoms with E-state index in [0.717, 1.165) is 39.2 Å². The molecule has 4 rings (SSSR count). The summed E-state index contributed by atoms with van der Waals surface area (Å²) < 4.78 is 16.9. The van der Waals surface area contributed by atoms with Crippen molar-refractivity contribution in [2.24, 2.45) is 9.98 Å². The lowest BCUT2D eigenvalue weighted by Crippen LogP contribution is -2.06. The lowest BCUT2D eigenvalue weighted by atomic mass is 9.98. The lowest BCUT2D eigenvalue weighted by Gasteiger charge is -2.14. The van der Waals surface area contributed by atoms with Crippen LogP contribution in [0.4, 0.5) is 11.4 Å². The van der Waals surface area contributed by atoms with Crippen LogP contribution in [0.3, 0.4) is 0 Å². The summed E-state index contributed by atoms with van der Waals surface area (Å²) in [5.41, 5.74) is 6.53. The molecule has 0 N–H and O–H groups in total. The maximum absolute atomic E-state index is 5.70. The van der Waals surface area contributed by atoms with Crippen molar-refractivity contribution in [3.8, 4) is 16.9 Å². The Hall–Kier alpha value is -4.38. The fourth-order valence-electron chi connectivity index (χ4n) is 3.80. The molecule has 0 bridgehead atoms. The number of nitrogens with zero attached hydrogens (tertiary/aromatic N) is 2. The average molecular weight is 465 g/mol. The molecule has 0 aliphatic carbocycles. The maximum atomic E-state index is 5.70. The monoisotopic (exact) mass is 464 g/mol. The molecule has 0 atom stereocenters. The third kappa shape index (κ3) is 5.58. The second kappa shape index (κ2) is 11.2. The van der Waals surface area contributed by atoms with Crippen LogP contribution in [0.5, 0.6) is 5.75 Å². The third-order valence-corrected chi connectivity index (χ3v) is 5.58. The highest BCUT2D eigenvalue weighted by Gasteiger charge is 2.14. The van der Waals surface area contributed by atoms with Crippen LogP contribution in [-0.2, 0) is 9.47 Å². The van der Waals surface area contributed by atoms with Gasteiger partial charge in [0, 0.05) is 5.56 Å². The van der Waals surface area contributed by atoms with Crippen molar-refractivity contribution in [3.05, 3.63) is 114 Å². The Morgan fingerprint density at radius 2 is 1.06 bits per heavy atom. The molecule has 0 fully saturated rings. The SMILES string of the molecule is COC(=Nc1ccccc1)c1ccc(-c2ccc(C(=Nc3ccccc3)OC)c(OC)c2)cc1C. The molecular weight excluding hydrogens is 436 g/mol. The van der Waals surface area contributed by atoms with Gasteiger partial charge in [0.05, 0.1) is 38.3 Å². The summed E-state index contributed by atoms with van der Waals surface area (Å²) in [6.45, 7) is 2.06. The quantitative estimate of drug-likeness (QED) is 0.225. The average Bonchev–Trinajstić information content (AvgIpc) is 2.91. The number of benzene rings is 4. The molecule has 4 aromatic carbocycles. The zero-order valence-corrected chi connectivity index (χ0v) is 20.4. The van der Waals surface area contributed by atoms with Crippen LogP contribution in [0, 0.1) is 6.92 Å². The fraction of sp³-hybridized carbons (Fsp3) is 0.133. The Labute approximate surface area is 206 Å². The normalized spacial score (nSPS) is 11.8. The molecule has 5 heteroatoms. The topological polar surface area (TPSA) is 52.4 Å². The van der Waals surface area contributed by atoms with Gasteiger partial charge in [-0.15, -0.1) is 0 Å². The largest absolute Gasteiger partial charge is 0.496 e. The van der Waals surface area contributed by atoms with Gasteiger partial charge in [0.25, 0.3) is 0 Å². The number of methoxy groups -OCH3 is 3. The molecule has 0 spiro atoms. The van der Waals surface area contributed by atoms with Crippen LogP contribution in [0.2, 0.25) is 0 Å². The number of hydrogen-bond acceptors (Lipinski definition) is 5. The van der Waals surface area contributed by atoms with Crippen LogP contribution in [0.25, 0.3) is 11.1 Å². The van der Waals surface area contributed by atoms with Gasteiger partial charge in [0.15, 0.2) is 0 Å². The lowest BCUT2D eigenvalue weighted by molar-refractivity contribution is 0.391. The summed E-state index contributed by atoms with van der Waals surface area (Å²) in [5, 5.41) is 0. The molecule has 5 nitrogen and oxygen atoms in total. The van der Waals surface area contributed by atoms with Gasteiger partial charge >= 0.3 is 0 Å². The highest BCUT2D eigenvalue weighted by Crippen LogP contribution is 2.30. The molecule has 0 radical (unpaired) electrons. The molecule has 0 aromatic heterocycles. The second-order valence-corrected chi connectivity index (χ2v) is 7.86. The van der Waals surface area contributed by atoms with Crippen molar-refractivity contribution < 1.29 is 14.2 Å². The second-order valence-electron chi connectivity index (χ2n) is 7.86. The van der Waals surface area contributed by atoms with Gasteiger partial charge in [-0.25, -0.2) is 9.98 Å². The van der Waals surface area contributed by atoms with Crippen LogP contribution < -0.4 is 4.74 Å². The highest BCUT2D eigenvalue weighted by atomic mass is 16.5. The van der Waals surface area contributed by atoms with Gasteiger partial charge in [0.2, 0.25) is 11.8 Å². The number of aryl methyl sites for hydroxylation is 1. The fourth-order valence-corrected chi connectivity index (χ4v) is 3.80. The van der Waals surface area contributed by atoms with E-state index in [9.17, 15) is 0 Å². The van der Waals surface area contributed by atoms with Gasteiger partial charge in [-0.2, -0.15) is 0 Å². The summed E-state index contributed by atoms with van der Waals surface area (Å²) in [6.07, 6.45) is 0. The van der Waals surface area contributed by atoms with Crippen LogP contribution in [-0.4, -0.2) is 33.1 Å². The maximum Gasteiger partial charge on any atom is 0.224 e. The van der Waals surface area contributed by atoms with Gasteiger partial charge in [-0.3, -0.25) is 0 Å². The molecule has 0 saturated heterocycles. The van der Waals surface area contributed by atoms with E-state index in [1.807, 2.05) is 84.9 Å². The van der Waals surface area contributed by atoms with E-state index in [-0.39, 0.29) is 0 Å². The van der Waals surface area contributed by atoms with E-state index in [2.05, 4.69) is 29.0 Å². The third-order valence-electron chi connectivity index (χ3n) is 5.58. The minimum atomic E-state index is 0.494. The predicted octanol–water partition coefficient (Wildman–Crippen LogP) is 7.12. The van der Waals surface area contributed by atoms with Gasteiger partial charge in [-0.05, 0) is 66.1 Å². The minimum absolute atomic E-state index is 0.494. The summed E-state index contributed by atoms with van der Waals surface area (Å²) in [4.78, 5) is 9.29. The van der Waals surface area contributed by atoms with E-state index in [4.69, 9.17) is 14.2 Å². The smallest absolute Gasteiger partial charge is 0.224 e. The van der Waals surface area contributed by atoms with Gasteiger partial charge in [0.1, 0.15) is 5.75 Å². The first-order valence-corrected chi connectivity index (χ1v) is 11.3. The molecule has 35 heavy (non-hydrogen) atoms. The summed E-state index contributed by atoms with van der Waals surface area (Å²) >= 11 is 0. The zero-order chi connectivity index (χ0) is 24.6. The summed E-state index contributed by atoms with van der Waals surface area (Å²) in [5.74, 6) is 1.76. The van der Waals surface area contributed by atoms with E-state index in [1.54, 1.807) is 21.3 Å². The Balaban J connectivity index is 1.67. The molecule has 0 aliphatic heterocycles. The van der Waals surface area contributed by atoms with Crippen molar-refractivity contribution in [1.82, 2.24) is 0 Å². The van der Waals surface area contributed by atoms with Crippen molar-refractivity contribution in [2.45, 2.75) is 6.92 Å². The first-order valence-electron chi connectivity index (χ1n) is 11.3. The van der Waals surface area contributed by atoms with Crippen LogP contribution in [0.1, 0.15) is 16.7 Å². The standard InChI is InChI=1S/C30H28N2O3/c1-21-19-22(15-17-26(21)29(34-3)31-24-11-7-5-8-12-24)23-16-18-27(28(20-23)33-2)30(35-4)32-25-13-9-6-10-14-25/h5-20H,1-4H3. The molecular formula is C30H28N2O3. The number of hydrogen-bond donors (Lipinski definition) is 0. The molecule has 176 valence electrons. The molecule has 0 amide bonds. The Morgan fingerprint density at radius 3 is 1.54 bits per heavy atom. The molecule has 0 aliphatic rings. The first kappa shape index (κ1) is 23.8. The van der Waals surface area contributed by atoms with E-state index >= 15 is 0 Å². The zero-order valence-electron chi connectivity index (χ0n) is 20.4. The number of aliphatic imine (C=N–C) groups is 2. The number of ether oxygens (including phenoxy) is 3. The Kier molecular flexibility index (Phi) is 7.58. The highest BCUT2D eigenvalue weighted by molar-refractivity contribution is 5.99. The first-order chi connectivity index (χ1) is 17.1. The van der Waals surface area contributed by atoms with Crippen molar-refractivity contribution in [3.63, 3.8) is 0 Å². The summed E-state index contributed by atoms with van der Waals surface area (Å²) in [7, 11) is 4.91. The van der Waals surface area contributed by atoms with Crippen molar-refractivity contribution in [1.29, 1.82) is 0 Å². The van der Waals surface area contributed by atoms with E-state index in [1.165, 1.54) is 0 Å². The minimum Gasteiger partial charge on any atom is -0.496 e. The number of rotatable bonds is 6. The van der Waals surface area contributed by atoms with Crippen molar-refractivity contribution in [2.75, 3.05) is 21.3 Å². The summed E-state index contributed by atoms with van der Waals surface area (Å²) in [6, 6.07) is 31.7. The van der Waals surface area contributed by atoms with Gasteiger partial charge < -0.3 is 14.2 Å². The Morgan fingerprint density at radius 1 is 0.571 bits per heavy atom. The van der Waals surface area contributed by atoms with Gasteiger partial charge in [-0.1, -0.05) is 54.6 Å². The molecule has 4 aromatic rings. The van der Waals surface area contributed by atoms with Crippen molar-refractivity contribution >= 4 is 23.2 Å². The predicted molar refractivity (Wildman–Crippen MR) is 142 cm³/mol. The van der Waals surface area contributed by atoms with E-state index < -0.39 is 0 Å². The van der Waals surface area contributed by atoms with Crippen LogP contribution in [0.15, 0.2) is 107 Å². The number of para-hydroxylation sites is 2. The molecule has 0 unspecified atom stereocenters. The molecule has 0 heterocycles. The van der Waals surface area contributed by atoms with Crippen LogP contribution >= 0.6 is 0 Å².